The fourth-order valence-electron chi connectivity index (χ4n) is 1.65. The number of aldehydes is 1. The standard InChI is InChI=1S/C15H17ClFNO/c1-3-12-9-14(16)13(10-15(12)17)11-18(2)7-5-4-6-8-19/h4-10H,3,11H2,1-2H3/b6-4-,7-5-. The van der Waals surface area contributed by atoms with E-state index in [9.17, 15) is 9.18 Å². The van der Waals surface area contributed by atoms with Gasteiger partial charge in [-0.15, -0.1) is 0 Å². The van der Waals surface area contributed by atoms with Crippen LogP contribution >= 0.6 is 11.6 Å². The van der Waals surface area contributed by atoms with E-state index in [2.05, 4.69) is 0 Å². The molecule has 0 saturated carbocycles. The van der Waals surface area contributed by atoms with Crippen molar-refractivity contribution >= 4 is 17.9 Å². The van der Waals surface area contributed by atoms with Gasteiger partial charge in [-0.25, -0.2) is 4.39 Å². The second-order valence-corrected chi connectivity index (χ2v) is 4.57. The van der Waals surface area contributed by atoms with E-state index >= 15 is 0 Å². The third-order valence-electron chi connectivity index (χ3n) is 2.66. The van der Waals surface area contributed by atoms with Gasteiger partial charge >= 0.3 is 0 Å². The smallest absolute Gasteiger partial charge is 0.142 e. The summed E-state index contributed by atoms with van der Waals surface area (Å²) < 4.78 is 13.7. The topological polar surface area (TPSA) is 20.3 Å². The number of nitrogens with zero attached hydrogens (tertiary/aromatic N) is 1. The Kier molecular flexibility index (Phi) is 6.30. The fraction of sp³-hybridized carbons (Fsp3) is 0.267. The number of halogens is 2. The Hall–Kier alpha value is -1.61. The van der Waals surface area contributed by atoms with Crippen molar-refractivity contribution in [2.24, 2.45) is 0 Å². The van der Waals surface area contributed by atoms with Crippen LogP contribution in [0.4, 0.5) is 4.39 Å². The molecule has 0 spiro atoms. The highest BCUT2D eigenvalue weighted by molar-refractivity contribution is 6.31. The molecule has 0 unspecified atom stereocenters. The Balaban J connectivity index is 2.76. The first-order valence-electron chi connectivity index (χ1n) is 6.04. The monoisotopic (exact) mass is 281 g/mol. The summed E-state index contributed by atoms with van der Waals surface area (Å²) in [5, 5.41) is 0.571. The van der Waals surface area contributed by atoms with Crippen LogP contribution in [0.15, 0.2) is 36.6 Å². The van der Waals surface area contributed by atoms with Crippen molar-refractivity contribution in [3.8, 4) is 0 Å². The number of hydrogen-bond donors (Lipinski definition) is 0. The molecule has 0 amide bonds. The van der Waals surface area contributed by atoms with Crippen LogP contribution in [0.3, 0.4) is 0 Å². The van der Waals surface area contributed by atoms with Gasteiger partial charge in [0, 0.05) is 18.6 Å². The number of allylic oxidation sites excluding steroid dienone is 3. The molecule has 0 saturated heterocycles. The van der Waals surface area contributed by atoms with Gasteiger partial charge in [0.25, 0.3) is 0 Å². The Morgan fingerprint density at radius 2 is 2.00 bits per heavy atom. The van der Waals surface area contributed by atoms with Crippen molar-refractivity contribution in [3.63, 3.8) is 0 Å². The molecule has 19 heavy (non-hydrogen) atoms. The van der Waals surface area contributed by atoms with E-state index in [-0.39, 0.29) is 5.82 Å². The lowest BCUT2D eigenvalue weighted by molar-refractivity contribution is -0.104. The molecule has 0 radical (unpaired) electrons. The van der Waals surface area contributed by atoms with Gasteiger partial charge in [0.15, 0.2) is 0 Å². The van der Waals surface area contributed by atoms with Crippen molar-refractivity contribution < 1.29 is 9.18 Å². The molecule has 0 aliphatic carbocycles. The second-order valence-electron chi connectivity index (χ2n) is 4.17. The lowest BCUT2D eigenvalue weighted by atomic mass is 10.1. The Morgan fingerprint density at radius 3 is 2.63 bits per heavy atom. The molecule has 0 aromatic heterocycles. The van der Waals surface area contributed by atoms with E-state index in [1.54, 1.807) is 24.4 Å². The van der Waals surface area contributed by atoms with Crippen LogP contribution in [0, 0.1) is 5.82 Å². The Morgan fingerprint density at radius 1 is 1.26 bits per heavy atom. The van der Waals surface area contributed by atoms with Crippen LogP contribution in [-0.2, 0) is 17.8 Å². The summed E-state index contributed by atoms with van der Waals surface area (Å²) >= 11 is 6.13. The maximum atomic E-state index is 13.7. The van der Waals surface area contributed by atoms with Gasteiger partial charge in [-0.1, -0.05) is 24.6 Å². The normalized spacial score (nSPS) is 11.4. The van der Waals surface area contributed by atoms with Crippen molar-refractivity contribution in [2.45, 2.75) is 19.9 Å². The molecule has 1 aromatic carbocycles. The first-order chi connectivity index (χ1) is 9.08. The Bertz CT molecular complexity index is 497. The van der Waals surface area contributed by atoms with Gasteiger partial charge < -0.3 is 4.90 Å². The van der Waals surface area contributed by atoms with E-state index in [1.165, 1.54) is 12.1 Å². The summed E-state index contributed by atoms with van der Waals surface area (Å²) in [7, 11) is 1.85. The number of benzene rings is 1. The number of carbonyl (C=O) groups excluding carboxylic acids is 1. The molecular formula is C15H17ClFNO. The molecule has 0 fully saturated rings. The number of rotatable bonds is 6. The van der Waals surface area contributed by atoms with Crippen molar-refractivity contribution in [1.82, 2.24) is 4.90 Å². The van der Waals surface area contributed by atoms with E-state index in [0.717, 1.165) is 5.56 Å². The zero-order valence-corrected chi connectivity index (χ0v) is 11.8. The number of aryl methyl sites for hydroxylation is 1. The van der Waals surface area contributed by atoms with Crippen LogP contribution in [0.5, 0.6) is 0 Å². The maximum absolute atomic E-state index is 13.7. The predicted octanol–water partition coefficient (Wildman–Crippen LogP) is 3.74. The first-order valence-corrected chi connectivity index (χ1v) is 6.42. The van der Waals surface area contributed by atoms with E-state index in [0.29, 0.717) is 29.8 Å². The quantitative estimate of drug-likeness (QED) is 0.450. The summed E-state index contributed by atoms with van der Waals surface area (Å²) in [5.41, 5.74) is 1.36. The van der Waals surface area contributed by atoms with Gasteiger partial charge in [-0.2, -0.15) is 0 Å². The van der Waals surface area contributed by atoms with Gasteiger partial charge in [0.05, 0.1) is 0 Å². The summed E-state index contributed by atoms with van der Waals surface area (Å²) in [6.07, 6.45) is 7.89. The molecule has 0 atom stereocenters. The largest absolute Gasteiger partial charge is 0.376 e. The molecule has 0 bridgehead atoms. The summed E-state index contributed by atoms with van der Waals surface area (Å²) in [5.74, 6) is -0.222. The van der Waals surface area contributed by atoms with Crippen LogP contribution in [-0.4, -0.2) is 18.2 Å². The zero-order valence-electron chi connectivity index (χ0n) is 11.1. The molecular weight excluding hydrogens is 265 g/mol. The Labute approximate surface area is 118 Å². The van der Waals surface area contributed by atoms with Gasteiger partial charge in [-0.3, -0.25) is 4.79 Å². The molecule has 2 nitrogen and oxygen atoms in total. The minimum absolute atomic E-state index is 0.222. The van der Waals surface area contributed by atoms with Crippen molar-refractivity contribution in [1.29, 1.82) is 0 Å². The maximum Gasteiger partial charge on any atom is 0.142 e. The number of hydrogen-bond acceptors (Lipinski definition) is 2. The van der Waals surface area contributed by atoms with Crippen molar-refractivity contribution in [2.75, 3.05) is 7.05 Å². The van der Waals surface area contributed by atoms with Gasteiger partial charge in [0.2, 0.25) is 0 Å². The average Bonchev–Trinajstić information content (AvgIpc) is 2.38. The highest BCUT2D eigenvalue weighted by atomic mass is 35.5. The lowest BCUT2D eigenvalue weighted by Gasteiger charge is -2.15. The van der Waals surface area contributed by atoms with Gasteiger partial charge in [0.1, 0.15) is 12.1 Å². The van der Waals surface area contributed by atoms with Crippen LogP contribution in [0.25, 0.3) is 0 Å². The molecule has 0 aliphatic heterocycles. The second kappa shape index (κ2) is 7.74. The molecule has 102 valence electrons. The highest BCUT2D eigenvalue weighted by Crippen LogP contribution is 2.22. The SMILES string of the molecule is CCc1cc(Cl)c(CN(C)/C=C\C=C/C=O)cc1F. The van der Waals surface area contributed by atoms with E-state index in [1.807, 2.05) is 18.9 Å². The number of carbonyl (C=O) groups is 1. The first kappa shape index (κ1) is 15.4. The van der Waals surface area contributed by atoms with Crippen molar-refractivity contribution in [3.05, 3.63) is 58.5 Å². The van der Waals surface area contributed by atoms with E-state index < -0.39 is 0 Å². The minimum atomic E-state index is -0.222. The fourth-order valence-corrected chi connectivity index (χ4v) is 1.89. The third-order valence-corrected chi connectivity index (χ3v) is 3.01. The molecule has 0 aliphatic rings. The van der Waals surface area contributed by atoms with Crippen LogP contribution in [0.1, 0.15) is 18.1 Å². The summed E-state index contributed by atoms with van der Waals surface area (Å²) in [6, 6.07) is 3.16. The van der Waals surface area contributed by atoms with Gasteiger partial charge in [-0.05, 0) is 48.0 Å². The average molecular weight is 282 g/mol. The van der Waals surface area contributed by atoms with Crippen LogP contribution in [0.2, 0.25) is 5.02 Å². The molecule has 0 heterocycles. The minimum Gasteiger partial charge on any atom is -0.376 e. The van der Waals surface area contributed by atoms with E-state index in [4.69, 9.17) is 11.6 Å². The van der Waals surface area contributed by atoms with Crippen LogP contribution < -0.4 is 0 Å². The highest BCUT2D eigenvalue weighted by Gasteiger charge is 2.08. The molecule has 1 rings (SSSR count). The molecule has 1 aromatic rings. The lowest BCUT2D eigenvalue weighted by Crippen LogP contribution is -2.10. The third kappa shape index (κ3) is 4.87. The summed E-state index contributed by atoms with van der Waals surface area (Å²) in [4.78, 5) is 12.0. The molecule has 0 N–H and O–H groups in total. The zero-order chi connectivity index (χ0) is 14.3. The summed E-state index contributed by atoms with van der Waals surface area (Å²) in [6.45, 7) is 2.40. The predicted molar refractivity (Wildman–Crippen MR) is 76.6 cm³/mol. The molecule has 4 heteroatoms.